The molecule has 0 amide bonds. The maximum absolute atomic E-state index is 12.3. The second kappa shape index (κ2) is 6.68. The largest absolute Gasteiger partial charge is 0.508 e. The van der Waals surface area contributed by atoms with E-state index < -0.39 is 11.6 Å². The normalized spacial score (nSPS) is 10.8. The van der Waals surface area contributed by atoms with E-state index >= 15 is 0 Å². The molecule has 6 heteroatoms. The minimum atomic E-state index is -0.863. The average molecular weight is 340 g/mol. The third-order valence-corrected chi connectivity index (χ3v) is 3.36. The molecule has 25 heavy (non-hydrogen) atoms. The fraction of sp³-hybridized carbons (Fsp3) is 0.158. The van der Waals surface area contributed by atoms with Gasteiger partial charge in [-0.25, -0.2) is 9.59 Å². The molecule has 0 atom stereocenters. The Morgan fingerprint density at radius 3 is 2.48 bits per heavy atom. The summed E-state index contributed by atoms with van der Waals surface area (Å²) in [5.41, 5.74) is -0.429. The minimum absolute atomic E-state index is 0.0554. The average Bonchev–Trinajstić information content (AvgIpc) is 2.58. The van der Waals surface area contributed by atoms with Gasteiger partial charge in [0.2, 0.25) is 0 Å². The van der Waals surface area contributed by atoms with Gasteiger partial charge in [0, 0.05) is 6.07 Å². The molecule has 0 aliphatic rings. The summed E-state index contributed by atoms with van der Waals surface area (Å²) in [7, 11) is 0. The summed E-state index contributed by atoms with van der Waals surface area (Å²) in [4.78, 5) is 24.6. The highest BCUT2D eigenvalue weighted by molar-refractivity contribution is 5.93. The Labute approximate surface area is 143 Å². The van der Waals surface area contributed by atoms with E-state index in [1.807, 2.05) is 0 Å². The molecule has 6 nitrogen and oxygen atoms in total. The van der Waals surface area contributed by atoms with Crippen LogP contribution in [0.2, 0.25) is 0 Å². The summed E-state index contributed by atoms with van der Waals surface area (Å²) in [5.74, 6) is -0.967. The van der Waals surface area contributed by atoms with Crippen molar-refractivity contribution in [3.05, 3.63) is 64.5 Å². The number of phenolic OH excluding ortho intramolecular Hbond substituents is 1. The lowest BCUT2D eigenvalue weighted by Gasteiger charge is -2.15. The van der Waals surface area contributed by atoms with E-state index in [1.54, 1.807) is 44.2 Å². The van der Waals surface area contributed by atoms with Crippen LogP contribution in [0.25, 0.3) is 11.0 Å². The van der Waals surface area contributed by atoms with Gasteiger partial charge >= 0.3 is 11.6 Å². The third-order valence-electron chi connectivity index (χ3n) is 3.36. The summed E-state index contributed by atoms with van der Waals surface area (Å²) in [6.07, 6.45) is -0.270. The molecular weight excluding hydrogens is 324 g/mol. The topological polar surface area (TPSA) is 86.0 Å². The van der Waals surface area contributed by atoms with Crippen molar-refractivity contribution in [1.29, 1.82) is 0 Å². The fourth-order valence-electron chi connectivity index (χ4n) is 2.31. The van der Waals surface area contributed by atoms with Crippen molar-refractivity contribution in [3.63, 3.8) is 0 Å². The molecule has 1 heterocycles. The first-order valence-corrected chi connectivity index (χ1v) is 7.69. The van der Waals surface area contributed by atoms with Crippen molar-refractivity contribution >= 4 is 16.9 Å². The van der Waals surface area contributed by atoms with Gasteiger partial charge in [-0.2, -0.15) is 0 Å². The Bertz CT molecular complexity index is 972. The summed E-state index contributed by atoms with van der Waals surface area (Å²) >= 11 is 0. The monoisotopic (exact) mass is 340 g/mol. The Morgan fingerprint density at radius 2 is 1.80 bits per heavy atom. The smallest absolute Gasteiger partial charge is 0.383 e. The molecule has 2 aromatic carbocycles. The fourth-order valence-corrected chi connectivity index (χ4v) is 2.31. The quantitative estimate of drug-likeness (QED) is 0.578. The van der Waals surface area contributed by atoms with E-state index in [0.717, 1.165) is 0 Å². The standard InChI is InChI=1S/C19H16O6/c1-11(2)23-16-14-9-8-13(20)10-15(14)24-19(22)17(16)25-18(21)12-6-4-3-5-7-12/h3-11,20H,1-2H3. The Morgan fingerprint density at radius 1 is 1.08 bits per heavy atom. The number of phenols is 1. The van der Waals surface area contributed by atoms with Crippen LogP contribution in [0.5, 0.6) is 17.2 Å². The van der Waals surface area contributed by atoms with Crippen molar-refractivity contribution < 1.29 is 23.8 Å². The van der Waals surface area contributed by atoms with Crippen LogP contribution in [-0.2, 0) is 0 Å². The number of benzene rings is 2. The molecule has 0 radical (unpaired) electrons. The number of esters is 1. The first-order chi connectivity index (χ1) is 12.0. The van der Waals surface area contributed by atoms with Crippen molar-refractivity contribution in [3.8, 4) is 17.2 Å². The lowest BCUT2D eigenvalue weighted by atomic mass is 10.2. The number of aromatic hydroxyl groups is 1. The Balaban J connectivity index is 2.13. The van der Waals surface area contributed by atoms with E-state index in [0.29, 0.717) is 10.9 Å². The lowest BCUT2D eigenvalue weighted by molar-refractivity contribution is 0.0718. The van der Waals surface area contributed by atoms with Gasteiger partial charge in [-0.15, -0.1) is 0 Å². The second-order valence-corrected chi connectivity index (χ2v) is 5.65. The first-order valence-electron chi connectivity index (χ1n) is 7.69. The molecule has 0 aliphatic heterocycles. The van der Waals surface area contributed by atoms with Gasteiger partial charge in [-0.3, -0.25) is 0 Å². The molecule has 1 aromatic heterocycles. The van der Waals surface area contributed by atoms with Crippen molar-refractivity contribution in [2.45, 2.75) is 20.0 Å². The molecule has 0 saturated carbocycles. The molecule has 0 unspecified atom stereocenters. The molecule has 0 saturated heterocycles. The molecule has 3 rings (SSSR count). The van der Waals surface area contributed by atoms with Gasteiger partial charge in [-0.1, -0.05) is 18.2 Å². The summed E-state index contributed by atoms with van der Waals surface area (Å²) in [6.45, 7) is 3.56. The summed E-state index contributed by atoms with van der Waals surface area (Å²) in [5, 5.41) is 9.99. The number of ether oxygens (including phenoxy) is 2. The van der Waals surface area contributed by atoms with Crippen LogP contribution in [0, 0.1) is 0 Å². The predicted octanol–water partition coefficient (Wildman–Crippen LogP) is 3.51. The zero-order valence-corrected chi connectivity index (χ0v) is 13.7. The molecule has 1 N–H and O–H groups in total. The molecule has 3 aromatic rings. The van der Waals surface area contributed by atoms with Crippen LogP contribution >= 0.6 is 0 Å². The van der Waals surface area contributed by atoms with Gasteiger partial charge in [-0.05, 0) is 38.1 Å². The Hall–Kier alpha value is -3.28. The van der Waals surface area contributed by atoms with Gasteiger partial charge in [0.05, 0.1) is 17.1 Å². The number of hydrogen-bond donors (Lipinski definition) is 1. The van der Waals surface area contributed by atoms with Crippen LogP contribution in [0.15, 0.2) is 57.7 Å². The number of hydrogen-bond acceptors (Lipinski definition) is 6. The maximum atomic E-state index is 12.3. The van der Waals surface area contributed by atoms with Crippen molar-refractivity contribution in [2.24, 2.45) is 0 Å². The van der Waals surface area contributed by atoms with Crippen LogP contribution in [0.4, 0.5) is 0 Å². The van der Waals surface area contributed by atoms with Crippen LogP contribution < -0.4 is 15.1 Å². The van der Waals surface area contributed by atoms with Gasteiger partial charge in [0.1, 0.15) is 11.3 Å². The molecule has 128 valence electrons. The van der Waals surface area contributed by atoms with Gasteiger partial charge in [0.15, 0.2) is 5.75 Å². The number of carbonyl (C=O) groups is 1. The van der Waals surface area contributed by atoms with Crippen LogP contribution in [0.1, 0.15) is 24.2 Å². The molecule has 0 spiro atoms. The number of rotatable bonds is 4. The van der Waals surface area contributed by atoms with Gasteiger partial charge < -0.3 is 19.0 Å². The van der Waals surface area contributed by atoms with Crippen molar-refractivity contribution in [2.75, 3.05) is 0 Å². The van der Waals surface area contributed by atoms with E-state index in [4.69, 9.17) is 13.9 Å². The number of carbonyl (C=O) groups excluding carboxylic acids is 1. The van der Waals surface area contributed by atoms with Gasteiger partial charge in [0.25, 0.3) is 5.75 Å². The highest BCUT2D eigenvalue weighted by Crippen LogP contribution is 2.35. The van der Waals surface area contributed by atoms with E-state index in [-0.39, 0.29) is 28.9 Å². The molecular formula is C19H16O6. The second-order valence-electron chi connectivity index (χ2n) is 5.65. The zero-order valence-electron chi connectivity index (χ0n) is 13.7. The Kier molecular flexibility index (Phi) is 4.43. The minimum Gasteiger partial charge on any atom is -0.508 e. The first kappa shape index (κ1) is 16.6. The van der Waals surface area contributed by atoms with Crippen LogP contribution in [-0.4, -0.2) is 17.2 Å². The third kappa shape index (κ3) is 3.47. The molecule has 0 fully saturated rings. The highest BCUT2D eigenvalue weighted by atomic mass is 16.6. The summed E-state index contributed by atoms with van der Waals surface area (Å²) < 4.78 is 16.1. The van der Waals surface area contributed by atoms with Crippen molar-refractivity contribution in [1.82, 2.24) is 0 Å². The molecule has 0 aliphatic carbocycles. The lowest BCUT2D eigenvalue weighted by Crippen LogP contribution is -2.17. The summed E-state index contributed by atoms with van der Waals surface area (Å²) in [6, 6.07) is 12.6. The predicted molar refractivity (Wildman–Crippen MR) is 91.3 cm³/mol. The van der Waals surface area contributed by atoms with Crippen LogP contribution in [0.3, 0.4) is 0 Å². The maximum Gasteiger partial charge on any atom is 0.383 e. The number of fused-ring (bicyclic) bond motifs is 1. The van der Waals surface area contributed by atoms with E-state index in [9.17, 15) is 14.7 Å². The zero-order chi connectivity index (χ0) is 18.0. The van der Waals surface area contributed by atoms with E-state index in [2.05, 4.69) is 0 Å². The SMILES string of the molecule is CC(C)Oc1c(OC(=O)c2ccccc2)c(=O)oc2cc(O)ccc12. The van der Waals surface area contributed by atoms with E-state index in [1.165, 1.54) is 18.2 Å². The highest BCUT2D eigenvalue weighted by Gasteiger charge is 2.22. The molecule has 0 bridgehead atoms.